The maximum atomic E-state index is 12.8. The standard InChI is InChI=1S/C23H30N3O6P/c1-6-29-33(28,30-7-2)31-18(3)26-32-23(4,5)22(27)25-24-21(19-14-10-8-11-15-19)20-16-12-9-13-17-20/h8-17H,6-7H2,1-5H3,(H,25,27)/b26-18+. The highest BCUT2D eigenvalue weighted by Gasteiger charge is 2.32. The number of hydrogen-bond acceptors (Lipinski definition) is 8. The molecule has 0 bridgehead atoms. The maximum Gasteiger partial charge on any atom is 0.531 e. The first-order valence-corrected chi connectivity index (χ1v) is 12.0. The van der Waals surface area contributed by atoms with Gasteiger partial charge in [-0.2, -0.15) is 5.10 Å². The molecule has 178 valence electrons. The number of amides is 1. The summed E-state index contributed by atoms with van der Waals surface area (Å²) in [6, 6.07) is 19.0. The molecule has 0 radical (unpaired) electrons. The highest BCUT2D eigenvalue weighted by atomic mass is 31.2. The fourth-order valence-electron chi connectivity index (χ4n) is 2.53. The van der Waals surface area contributed by atoms with Crippen molar-refractivity contribution in [2.75, 3.05) is 13.2 Å². The lowest BCUT2D eigenvalue weighted by atomic mass is 10.0. The SMILES string of the molecule is CCOP(=O)(OCC)O/C(C)=N/OC(C)(C)C(=O)NN=C(c1ccccc1)c1ccccc1. The first kappa shape index (κ1) is 26.3. The van der Waals surface area contributed by atoms with Gasteiger partial charge in [0.05, 0.1) is 18.9 Å². The van der Waals surface area contributed by atoms with Crippen molar-refractivity contribution in [2.45, 2.75) is 40.2 Å². The molecule has 2 rings (SSSR count). The molecule has 0 atom stereocenters. The van der Waals surface area contributed by atoms with Crippen molar-refractivity contribution in [3.05, 3.63) is 71.8 Å². The summed E-state index contributed by atoms with van der Waals surface area (Å²) in [5, 5.41) is 8.10. The average Bonchev–Trinajstić information content (AvgIpc) is 2.79. The first-order valence-electron chi connectivity index (χ1n) is 10.5. The van der Waals surface area contributed by atoms with Crippen molar-refractivity contribution in [1.82, 2.24) is 5.43 Å². The van der Waals surface area contributed by atoms with Crippen LogP contribution in [0.2, 0.25) is 0 Å². The molecule has 0 spiro atoms. The van der Waals surface area contributed by atoms with Crippen LogP contribution in [0.3, 0.4) is 0 Å². The lowest BCUT2D eigenvalue weighted by Crippen LogP contribution is -2.41. The van der Waals surface area contributed by atoms with Gasteiger partial charge in [0, 0.05) is 18.1 Å². The molecular formula is C23H30N3O6P. The van der Waals surface area contributed by atoms with Crippen LogP contribution in [-0.2, 0) is 27.8 Å². The van der Waals surface area contributed by atoms with E-state index in [1.165, 1.54) is 20.8 Å². The number of carbonyl (C=O) groups is 1. The molecule has 9 nitrogen and oxygen atoms in total. The third kappa shape index (κ3) is 8.13. The van der Waals surface area contributed by atoms with Crippen molar-refractivity contribution in [1.29, 1.82) is 0 Å². The highest BCUT2D eigenvalue weighted by Crippen LogP contribution is 2.49. The molecule has 0 aliphatic heterocycles. The van der Waals surface area contributed by atoms with Crippen LogP contribution < -0.4 is 5.43 Å². The molecule has 0 saturated carbocycles. The van der Waals surface area contributed by atoms with Gasteiger partial charge in [-0.25, -0.2) is 9.99 Å². The van der Waals surface area contributed by atoms with Crippen molar-refractivity contribution in [3.63, 3.8) is 0 Å². The Kier molecular flexibility index (Phi) is 9.78. The van der Waals surface area contributed by atoms with Crippen LogP contribution in [0.4, 0.5) is 0 Å². The van der Waals surface area contributed by atoms with E-state index in [1.54, 1.807) is 13.8 Å². The molecule has 1 amide bonds. The van der Waals surface area contributed by atoms with Crippen LogP contribution in [0.15, 0.2) is 70.9 Å². The third-order valence-corrected chi connectivity index (χ3v) is 5.77. The molecule has 0 saturated heterocycles. The van der Waals surface area contributed by atoms with E-state index >= 15 is 0 Å². The number of phosphoric ester groups is 1. The summed E-state index contributed by atoms with van der Waals surface area (Å²) in [7, 11) is -3.81. The van der Waals surface area contributed by atoms with Crippen LogP contribution in [0.1, 0.15) is 45.7 Å². The van der Waals surface area contributed by atoms with Crippen LogP contribution in [-0.4, -0.2) is 36.3 Å². The van der Waals surface area contributed by atoms with E-state index in [0.717, 1.165) is 11.1 Å². The van der Waals surface area contributed by atoms with Gasteiger partial charge in [-0.05, 0) is 27.7 Å². The van der Waals surface area contributed by atoms with Gasteiger partial charge in [-0.3, -0.25) is 13.8 Å². The Morgan fingerprint density at radius 2 is 1.42 bits per heavy atom. The fourth-order valence-corrected chi connectivity index (χ4v) is 3.70. The molecule has 1 N–H and O–H groups in total. The minimum absolute atomic E-state index is 0.112. The summed E-state index contributed by atoms with van der Waals surface area (Å²) in [5.41, 5.74) is 3.41. The summed E-state index contributed by atoms with van der Waals surface area (Å²) in [6.45, 7) is 8.02. The lowest BCUT2D eigenvalue weighted by Gasteiger charge is -2.21. The predicted molar refractivity (Wildman–Crippen MR) is 127 cm³/mol. The molecule has 0 heterocycles. The predicted octanol–water partition coefficient (Wildman–Crippen LogP) is 4.88. The van der Waals surface area contributed by atoms with E-state index in [-0.39, 0.29) is 19.1 Å². The van der Waals surface area contributed by atoms with E-state index in [0.29, 0.717) is 5.71 Å². The summed E-state index contributed by atoms with van der Waals surface area (Å²) in [4.78, 5) is 18.1. The molecule has 0 aliphatic carbocycles. The lowest BCUT2D eigenvalue weighted by molar-refractivity contribution is -0.142. The van der Waals surface area contributed by atoms with Gasteiger partial charge in [0.15, 0.2) is 0 Å². The minimum Gasteiger partial charge on any atom is -0.387 e. The molecular weight excluding hydrogens is 445 g/mol. The van der Waals surface area contributed by atoms with Gasteiger partial charge in [0.1, 0.15) is 0 Å². The number of rotatable bonds is 11. The van der Waals surface area contributed by atoms with Gasteiger partial charge in [0.2, 0.25) is 11.5 Å². The zero-order valence-electron chi connectivity index (χ0n) is 19.5. The van der Waals surface area contributed by atoms with Gasteiger partial charge in [0.25, 0.3) is 5.91 Å². The fraction of sp³-hybridized carbons (Fsp3) is 0.348. The minimum atomic E-state index is -3.81. The Balaban J connectivity index is 2.14. The third-order valence-electron chi connectivity index (χ3n) is 4.13. The molecule has 2 aromatic carbocycles. The second-order valence-electron chi connectivity index (χ2n) is 7.22. The van der Waals surface area contributed by atoms with Crippen LogP contribution in [0.5, 0.6) is 0 Å². The number of benzene rings is 2. The molecule has 33 heavy (non-hydrogen) atoms. The number of nitrogens with zero attached hydrogens (tertiary/aromatic N) is 2. The van der Waals surface area contributed by atoms with Gasteiger partial charge < -0.3 is 9.36 Å². The van der Waals surface area contributed by atoms with Crippen molar-refractivity contribution in [3.8, 4) is 0 Å². The Bertz CT molecular complexity index is 958. The Morgan fingerprint density at radius 3 is 1.88 bits per heavy atom. The second kappa shape index (κ2) is 12.3. The zero-order chi connectivity index (χ0) is 24.3. The number of hydrazone groups is 1. The largest absolute Gasteiger partial charge is 0.531 e. The van der Waals surface area contributed by atoms with E-state index in [2.05, 4.69) is 15.7 Å². The van der Waals surface area contributed by atoms with Gasteiger partial charge in [-0.1, -0.05) is 65.8 Å². The van der Waals surface area contributed by atoms with E-state index in [1.807, 2.05) is 60.7 Å². The molecule has 10 heteroatoms. The monoisotopic (exact) mass is 475 g/mol. The zero-order valence-corrected chi connectivity index (χ0v) is 20.4. The summed E-state index contributed by atoms with van der Waals surface area (Å²) < 4.78 is 27.7. The van der Waals surface area contributed by atoms with Crippen molar-refractivity contribution < 1.29 is 27.8 Å². The van der Waals surface area contributed by atoms with Crippen LogP contribution >= 0.6 is 7.82 Å². The molecule has 0 fully saturated rings. The number of oxime groups is 1. The molecule has 0 unspecified atom stereocenters. The smallest absolute Gasteiger partial charge is 0.387 e. The van der Waals surface area contributed by atoms with Crippen molar-refractivity contribution >= 4 is 25.3 Å². The normalized spacial score (nSPS) is 12.1. The maximum absolute atomic E-state index is 12.8. The molecule has 0 aromatic heterocycles. The number of hydrogen-bond donors (Lipinski definition) is 1. The van der Waals surface area contributed by atoms with Crippen LogP contribution in [0.25, 0.3) is 0 Å². The molecule has 0 aliphatic rings. The van der Waals surface area contributed by atoms with Gasteiger partial charge in [-0.15, -0.1) is 0 Å². The van der Waals surface area contributed by atoms with Crippen molar-refractivity contribution in [2.24, 2.45) is 10.3 Å². The van der Waals surface area contributed by atoms with E-state index in [4.69, 9.17) is 18.4 Å². The van der Waals surface area contributed by atoms with E-state index < -0.39 is 19.3 Å². The molecule has 2 aromatic rings. The average molecular weight is 475 g/mol. The Labute approximate surface area is 194 Å². The second-order valence-corrected chi connectivity index (χ2v) is 8.81. The topological polar surface area (TPSA) is 108 Å². The van der Waals surface area contributed by atoms with E-state index in [9.17, 15) is 9.36 Å². The Morgan fingerprint density at radius 1 is 0.939 bits per heavy atom. The Hall–Kier alpha value is -3.00. The summed E-state index contributed by atoms with van der Waals surface area (Å²) in [6.07, 6.45) is 0. The van der Waals surface area contributed by atoms with Crippen LogP contribution in [0, 0.1) is 0 Å². The summed E-state index contributed by atoms with van der Waals surface area (Å²) >= 11 is 0. The highest BCUT2D eigenvalue weighted by molar-refractivity contribution is 7.49. The number of phosphoric acid groups is 1. The number of carbonyl (C=O) groups excluding carboxylic acids is 1. The van der Waals surface area contributed by atoms with Gasteiger partial charge >= 0.3 is 7.82 Å². The quantitative estimate of drug-likeness (QED) is 0.215. The number of nitrogens with one attached hydrogen (secondary N) is 1. The summed E-state index contributed by atoms with van der Waals surface area (Å²) in [5.74, 6) is -0.653. The first-order chi connectivity index (χ1) is 15.7.